The molecule has 0 aromatic heterocycles. The highest BCUT2D eigenvalue weighted by Crippen LogP contribution is 2.37. The number of unbranched alkanes of at least 4 members (excludes halogenated alkanes) is 1. The number of hydrogen-bond acceptors (Lipinski definition) is 5. The molecule has 26 heavy (non-hydrogen) atoms. The van der Waals surface area contributed by atoms with Crippen LogP contribution in [-0.2, 0) is 9.57 Å². The topological polar surface area (TPSA) is 49.0 Å². The first kappa shape index (κ1) is 17.7. The van der Waals surface area contributed by atoms with Crippen molar-refractivity contribution in [3.05, 3.63) is 29.8 Å². The Balaban J connectivity index is 1.54. The molecule has 1 N–H and O–H groups in total. The van der Waals surface area contributed by atoms with Crippen LogP contribution in [0.3, 0.4) is 0 Å². The van der Waals surface area contributed by atoms with E-state index in [1.54, 1.807) is 0 Å². The SMILES string of the molecule is CCCCOc1cc(C2=CC3(CCOC3)ON2)ccc1OC1CCCC1. The van der Waals surface area contributed by atoms with Gasteiger partial charge in [-0.1, -0.05) is 13.3 Å². The summed E-state index contributed by atoms with van der Waals surface area (Å²) in [5.41, 5.74) is 4.79. The van der Waals surface area contributed by atoms with Crippen molar-refractivity contribution in [3.8, 4) is 11.5 Å². The maximum atomic E-state index is 6.23. The third-order valence-electron chi connectivity index (χ3n) is 5.39. The molecule has 1 atom stereocenters. The van der Waals surface area contributed by atoms with Gasteiger partial charge in [0.2, 0.25) is 0 Å². The van der Waals surface area contributed by atoms with Crippen LogP contribution in [0.15, 0.2) is 24.3 Å². The molecule has 1 aromatic carbocycles. The smallest absolute Gasteiger partial charge is 0.161 e. The van der Waals surface area contributed by atoms with Crippen LogP contribution in [-0.4, -0.2) is 31.5 Å². The van der Waals surface area contributed by atoms with E-state index in [9.17, 15) is 0 Å². The highest BCUT2D eigenvalue weighted by molar-refractivity contribution is 5.68. The summed E-state index contributed by atoms with van der Waals surface area (Å²) in [6, 6.07) is 6.18. The molecule has 2 aliphatic heterocycles. The van der Waals surface area contributed by atoms with Crippen molar-refractivity contribution in [2.24, 2.45) is 0 Å². The van der Waals surface area contributed by atoms with Crippen LogP contribution in [0.1, 0.15) is 57.4 Å². The molecule has 2 heterocycles. The van der Waals surface area contributed by atoms with Crippen molar-refractivity contribution in [2.75, 3.05) is 19.8 Å². The summed E-state index contributed by atoms with van der Waals surface area (Å²) in [5.74, 6) is 1.68. The monoisotopic (exact) mass is 359 g/mol. The summed E-state index contributed by atoms with van der Waals surface area (Å²) in [6.07, 6.45) is 10.3. The Kier molecular flexibility index (Phi) is 5.36. The quantitative estimate of drug-likeness (QED) is 0.739. The van der Waals surface area contributed by atoms with E-state index in [1.807, 2.05) is 6.07 Å². The zero-order valence-corrected chi connectivity index (χ0v) is 15.6. The summed E-state index contributed by atoms with van der Waals surface area (Å²) >= 11 is 0. The van der Waals surface area contributed by atoms with E-state index < -0.39 is 0 Å². The maximum Gasteiger partial charge on any atom is 0.161 e. The van der Waals surface area contributed by atoms with Crippen molar-refractivity contribution in [2.45, 2.75) is 63.6 Å². The minimum Gasteiger partial charge on any atom is -0.490 e. The molecule has 1 aromatic rings. The molecule has 1 saturated carbocycles. The fourth-order valence-electron chi connectivity index (χ4n) is 3.78. The molecular formula is C21H29NO4. The van der Waals surface area contributed by atoms with Crippen LogP contribution in [0.4, 0.5) is 0 Å². The second-order valence-corrected chi connectivity index (χ2v) is 7.52. The van der Waals surface area contributed by atoms with E-state index in [2.05, 4.69) is 30.6 Å². The average molecular weight is 359 g/mol. The van der Waals surface area contributed by atoms with Gasteiger partial charge in [-0.25, -0.2) is 0 Å². The third-order valence-corrected chi connectivity index (χ3v) is 5.39. The number of hydrogen-bond donors (Lipinski definition) is 1. The van der Waals surface area contributed by atoms with Crippen LogP contribution in [0.5, 0.6) is 11.5 Å². The molecule has 142 valence electrons. The standard InChI is InChI=1S/C21H29NO4/c1-2-3-11-24-20-13-16(8-9-19(20)25-17-6-4-5-7-17)18-14-21(26-22-18)10-12-23-15-21/h8-9,13-14,17,22H,2-7,10-12,15H2,1H3. The van der Waals surface area contributed by atoms with E-state index in [-0.39, 0.29) is 5.60 Å². The molecule has 2 fully saturated rings. The van der Waals surface area contributed by atoms with Crippen molar-refractivity contribution >= 4 is 5.70 Å². The van der Waals surface area contributed by atoms with E-state index in [0.717, 1.165) is 61.5 Å². The molecule has 0 bridgehead atoms. The molecule has 3 aliphatic rings. The normalized spacial score (nSPS) is 25.5. The summed E-state index contributed by atoms with van der Waals surface area (Å²) in [7, 11) is 0. The first-order valence-electron chi connectivity index (χ1n) is 9.96. The Morgan fingerprint density at radius 3 is 2.88 bits per heavy atom. The van der Waals surface area contributed by atoms with Gasteiger partial charge < -0.3 is 14.2 Å². The van der Waals surface area contributed by atoms with Gasteiger partial charge in [0.25, 0.3) is 0 Å². The van der Waals surface area contributed by atoms with Crippen LogP contribution in [0.2, 0.25) is 0 Å². The van der Waals surface area contributed by atoms with Crippen molar-refractivity contribution in [1.29, 1.82) is 0 Å². The number of rotatable bonds is 7. The lowest BCUT2D eigenvalue weighted by Gasteiger charge is -2.18. The van der Waals surface area contributed by atoms with Crippen molar-refractivity contribution in [1.82, 2.24) is 5.48 Å². The van der Waals surface area contributed by atoms with Gasteiger partial charge in [0.05, 0.1) is 25.0 Å². The minimum absolute atomic E-state index is 0.320. The second kappa shape index (κ2) is 7.89. The highest BCUT2D eigenvalue weighted by Gasteiger charge is 2.39. The van der Waals surface area contributed by atoms with E-state index in [4.69, 9.17) is 19.0 Å². The Hall–Kier alpha value is -1.72. The molecule has 1 spiro atoms. The number of benzene rings is 1. The van der Waals surface area contributed by atoms with Crippen molar-refractivity contribution in [3.63, 3.8) is 0 Å². The zero-order valence-electron chi connectivity index (χ0n) is 15.6. The molecule has 4 rings (SSSR count). The summed E-state index contributed by atoms with van der Waals surface area (Å²) in [4.78, 5) is 5.81. The van der Waals surface area contributed by atoms with E-state index in [1.165, 1.54) is 12.8 Å². The summed E-state index contributed by atoms with van der Waals surface area (Å²) in [6.45, 7) is 4.22. The third kappa shape index (κ3) is 3.84. The lowest BCUT2D eigenvalue weighted by atomic mass is 10.0. The highest BCUT2D eigenvalue weighted by atomic mass is 16.7. The van der Waals surface area contributed by atoms with Gasteiger partial charge in [-0.05, 0) is 56.4 Å². The van der Waals surface area contributed by atoms with Crippen LogP contribution < -0.4 is 15.0 Å². The van der Waals surface area contributed by atoms with Gasteiger partial charge in [0.1, 0.15) is 5.60 Å². The van der Waals surface area contributed by atoms with Crippen LogP contribution >= 0.6 is 0 Å². The minimum atomic E-state index is -0.322. The average Bonchev–Trinajstić information content (AvgIpc) is 3.41. The first-order chi connectivity index (χ1) is 12.8. The number of ether oxygens (including phenoxy) is 3. The van der Waals surface area contributed by atoms with Gasteiger partial charge in [-0.2, -0.15) is 0 Å². The van der Waals surface area contributed by atoms with E-state index >= 15 is 0 Å². The van der Waals surface area contributed by atoms with Gasteiger partial charge in [0.15, 0.2) is 11.5 Å². The van der Waals surface area contributed by atoms with Crippen molar-refractivity contribution < 1.29 is 19.0 Å². The van der Waals surface area contributed by atoms with Gasteiger partial charge in [0, 0.05) is 18.6 Å². The number of nitrogens with one attached hydrogen (secondary N) is 1. The molecule has 1 unspecified atom stereocenters. The van der Waals surface area contributed by atoms with E-state index in [0.29, 0.717) is 19.3 Å². The van der Waals surface area contributed by atoms with Gasteiger partial charge >= 0.3 is 0 Å². The second-order valence-electron chi connectivity index (χ2n) is 7.52. The predicted molar refractivity (Wildman–Crippen MR) is 100 cm³/mol. The zero-order chi connectivity index (χ0) is 17.8. The van der Waals surface area contributed by atoms with Crippen LogP contribution in [0, 0.1) is 0 Å². The Labute approximate surface area is 155 Å². The Morgan fingerprint density at radius 1 is 1.23 bits per heavy atom. The lowest BCUT2D eigenvalue weighted by Crippen LogP contribution is -2.29. The molecule has 5 nitrogen and oxygen atoms in total. The predicted octanol–water partition coefficient (Wildman–Crippen LogP) is 4.22. The largest absolute Gasteiger partial charge is 0.490 e. The summed E-state index contributed by atoms with van der Waals surface area (Å²) in [5, 5.41) is 0. The number of hydroxylamine groups is 1. The molecular weight excluding hydrogens is 330 g/mol. The summed E-state index contributed by atoms with van der Waals surface area (Å²) < 4.78 is 17.8. The first-order valence-corrected chi connectivity index (χ1v) is 9.96. The molecule has 0 amide bonds. The van der Waals surface area contributed by atoms with Gasteiger partial charge in [-0.15, -0.1) is 0 Å². The fraction of sp³-hybridized carbons (Fsp3) is 0.619. The Morgan fingerprint density at radius 2 is 2.12 bits per heavy atom. The molecule has 0 radical (unpaired) electrons. The molecule has 5 heteroatoms. The van der Waals surface area contributed by atoms with Crippen LogP contribution in [0.25, 0.3) is 5.70 Å². The fourth-order valence-corrected chi connectivity index (χ4v) is 3.78. The van der Waals surface area contributed by atoms with Gasteiger partial charge in [-0.3, -0.25) is 10.3 Å². The maximum absolute atomic E-state index is 6.23. The molecule has 1 aliphatic carbocycles. The lowest BCUT2D eigenvalue weighted by molar-refractivity contribution is -0.0373. The molecule has 1 saturated heterocycles. The Bertz CT molecular complexity index is 645.